The molecular formula is C16H25NO2. The molecule has 3 N–H and O–H groups in total. The molecule has 0 spiro atoms. The van der Waals surface area contributed by atoms with Crippen LogP contribution >= 0.6 is 0 Å². The maximum Gasteiger partial charge on any atom is 0.0612 e. The Morgan fingerprint density at radius 2 is 2.11 bits per heavy atom. The molecule has 0 bridgehead atoms. The van der Waals surface area contributed by atoms with Crippen LogP contribution in [0.5, 0.6) is 0 Å². The zero-order valence-electron chi connectivity index (χ0n) is 11.6. The van der Waals surface area contributed by atoms with E-state index in [9.17, 15) is 5.11 Å². The molecule has 1 aromatic rings. The van der Waals surface area contributed by atoms with Crippen LogP contribution < -0.4 is 5.73 Å². The normalized spacial score (nSPS) is 27.4. The van der Waals surface area contributed by atoms with E-state index in [-0.39, 0.29) is 12.7 Å². The molecule has 1 aliphatic rings. The van der Waals surface area contributed by atoms with E-state index in [1.807, 2.05) is 6.07 Å². The predicted molar refractivity (Wildman–Crippen MR) is 77.0 cm³/mol. The van der Waals surface area contributed by atoms with E-state index in [0.29, 0.717) is 0 Å². The highest BCUT2D eigenvalue weighted by molar-refractivity contribution is 5.14. The Balaban J connectivity index is 1.66. The van der Waals surface area contributed by atoms with Crippen LogP contribution in [0.1, 0.15) is 37.7 Å². The summed E-state index contributed by atoms with van der Waals surface area (Å²) >= 11 is 0. The molecule has 2 unspecified atom stereocenters. The standard InChI is InChI=1S/C16H25NO2/c17-16(13-18)10-4-9-15(12-16)19-11-5-8-14-6-2-1-3-7-14/h1-3,6-7,15,18H,4-5,8-13,17H2. The van der Waals surface area contributed by atoms with Crippen molar-refractivity contribution >= 4 is 0 Å². The van der Waals surface area contributed by atoms with Crippen molar-refractivity contribution in [3.63, 3.8) is 0 Å². The molecule has 19 heavy (non-hydrogen) atoms. The summed E-state index contributed by atoms with van der Waals surface area (Å²) in [4.78, 5) is 0. The number of hydrogen-bond donors (Lipinski definition) is 2. The Bertz CT molecular complexity index is 368. The SMILES string of the molecule is NC1(CO)CCCC(OCCCc2ccccc2)C1. The fraction of sp³-hybridized carbons (Fsp3) is 0.625. The fourth-order valence-corrected chi connectivity index (χ4v) is 2.80. The van der Waals surface area contributed by atoms with Crippen LogP contribution in [0.15, 0.2) is 30.3 Å². The Labute approximate surface area is 115 Å². The van der Waals surface area contributed by atoms with Crippen LogP contribution in [0.25, 0.3) is 0 Å². The van der Waals surface area contributed by atoms with Crippen molar-refractivity contribution in [2.75, 3.05) is 13.2 Å². The van der Waals surface area contributed by atoms with Gasteiger partial charge in [0.05, 0.1) is 12.7 Å². The maximum absolute atomic E-state index is 9.31. The summed E-state index contributed by atoms with van der Waals surface area (Å²) in [5, 5.41) is 9.31. The topological polar surface area (TPSA) is 55.5 Å². The minimum absolute atomic E-state index is 0.0663. The molecule has 3 nitrogen and oxygen atoms in total. The zero-order valence-corrected chi connectivity index (χ0v) is 11.6. The van der Waals surface area contributed by atoms with Gasteiger partial charge in [0.25, 0.3) is 0 Å². The number of rotatable bonds is 6. The first kappa shape index (κ1) is 14.5. The number of hydrogen-bond acceptors (Lipinski definition) is 3. The van der Waals surface area contributed by atoms with E-state index < -0.39 is 5.54 Å². The van der Waals surface area contributed by atoms with E-state index in [2.05, 4.69) is 24.3 Å². The lowest BCUT2D eigenvalue weighted by Crippen LogP contribution is -2.49. The molecule has 0 aromatic heterocycles. The van der Waals surface area contributed by atoms with Crippen molar-refractivity contribution in [1.82, 2.24) is 0 Å². The second kappa shape index (κ2) is 7.04. The van der Waals surface area contributed by atoms with Crippen molar-refractivity contribution in [3.8, 4) is 0 Å². The number of aliphatic hydroxyl groups excluding tert-OH is 1. The minimum atomic E-state index is -0.414. The lowest BCUT2D eigenvalue weighted by Gasteiger charge is -2.36. The van der Waals surface area contributed by atoms with E-state index in [0.717, 1.165) is 45.1 Å². The third-order valence-electron chi connectivity index (χ3n) is 3.96. The summed E-state index contributed by atoms with van der Waals surface area (Å²) in [5.74, 6) is 0. The van der Waals surface area contributed by atoms with Gasteiger partial charge in [0, 0.05) is 12.1 Å². The second-order valence-electron chi connectivity index (χ2n) is 5.70. The van der Waals surface area contributed by atoms with Gasteiger partial charge in [0.2, 0.25) is 0 Å². The average Bonchev–Trinajstić information content (AvgIpc) is 2.45. The van der Waals surface area contributed by atoms with Gasteiger partial charge in [0.15, 0.2) is 0 Å². The Morgan fingerprint density at radius 1 is 1.32 bits per heavy atom. The van der Waals surface area contributed by atoms with E-state index in [1.54, 1.807) is 0 Å². The van der Waals surface area contributed by atoms with Crippen LogP contribution in [0.2, 0.25) is 0 Å². The highest BCUT2D eigenvalue weighted by atomic mass is 16.5. The fourth-order valence-electron chi connectivity index (χ4n) is 2.80. The monoisotopic (exact) mass is 263 g/mol. The molecule has 3 heteroatoms. The molecule has 2 rings (SSSR count). The van der Waals surface area contributed by atoms with Gasteiger partial charge >= 0.3 is 0 Å². The van der Waals surface area contributed by atoms with Crippen molar-refractivity contribution in [1.29, 1.82) is 0 Å². The van der Waals surface area contributed by atoms with Gasteiger partial charge in [-0.25, -0.2) is 0 Å². The first-order chi connectivity index (χ1) is 9.22. The molecule has 1 saturated carbocycles. The highest BCUT2D eigenvalue weighted by Gasteiger charge is 2.32. The quantitative estimate of drug-likeness (QED) is 0.774. The predicted octanol–water partition coefficient (Wildman–Crippen LogP) is 2.27. The molecule has 0 heterocycles. The van der Waals surface area contributed by atoms with Crippen LogP contribution in [-0.2, 0) is 11.2 Å². The average molecular weight is 263 g/mol. The minimum Gasteiger partial charge on any atom is -0.394 e. The number of aryl methyl sites for hydroxylation is 1. The molecule has 0 amide bonds. The Hall–Kier alpha value is -0.900. The van der Waals surface area contributed by atoms with Crippen molar-refractivity contribution in [2.45, 2.75) is 50.2 Å². The number of nitrogens with two attached hydrogens (primary N) is 1. The molecule has 1 aromatic carbocycles. The molecule has 2 atom stereocenters. The van der Waals surface area contributed by atoms with Crippen molar-refractivity contribution in [2.24, 2.45) is 5.73 Å². The third-order valence-corrected chi connectivity index (χ3v) is 3.96. The Morgan fingerprint density at radius 3 is 2.84 bits per heavy atom. The number of ether oxygens (including phenoxy) is 1. The summed E-state index contributed by atoms with van der Waals surface area (Å²) in [6.45, 7) is 0.845. The van der Waals surface area contributed by atoms with Gasteiger partial charge in [-0.3, -0.25) is 0 Å². The first-order valence-corrected chi connectivity index (χ1v) is 7.27. The molecular weight excluding hydrogens is 238 g/mol. The summed E-state index contributed by atoms with van der Waals surface area (Å²) in [5.41, 5.74) is 7.06. The summed E-state index contributed by atoms with van der Waals surface area (Å²) < 4.78 is 5.91. The van der Waals surface area contributed by atoms with Crippen molar-refractivity contribution in [3.05, 3.63) is 35.9 Å². The first-order valence-electron chi connectivity index (χ1n) is 7.27. The van der Waals surface area contributed by atoms with E-state index in [1.165, 1.54) is 5.56 Å². The summed E-state index contributed by atoms with van der Waals surface area (Å²) in [7, 11) is 0. The lowest BCUT2D eigenvalue weighted by atomic mass is 9.81. The van der Waals surface area contributed by atoms with Gasteiger partial charge in [-0.1, -0.05) is 30.3 Å². The smallest absolute Gasteiger partial charge is 0.0612 e. The number of benzene rings is 1. The largest absolute Gasteiger partial charge is 0.394 e. The second-order valence-corrected chi connectivity index (χ2v) is 5.70. The molecule has 1 aliphatic carbocycles. The summed E-state index contributed by atoms with van der Waals surface area (Å²) in [6.07, 6.45) is 6.15. The van der Waals surface area contributed by atoms with Gasteiger partial charge in [-0.2, -0.15) is 0 Å². The molecule has 1 fully saturated rings. The van der Waals surface area contributed by atoms with E-state index in [4.69, 9.17) is 10.5 Å². The lowest BCUT2D eigenvalue weighted by molar-refractivity contribution is -0.00603. The van der Waals surface area contributed by atoms with Crippen LogP contribution in [-0.4, -0.2) is 30.0 Å². The third kappa shape index (κ3) is 4.60. The molecule has 0 saturated heterocycles. The molecule has 106 valence electrons. The van der Waals surface area contributed by atoms with Crippen LogP contribution in [0.4, 0.5) is 0 Å². The summed E-state index contributed by atoms with van der Waals surface area (Å²) in [6, 6.07) is 10.5. The van der Waals surface area contributed by atoms with Gasteiger partial charge in [-0.15, -0.1) is 0 Å². The highest BCUT2D eigenvalue weighted by Crippen LogP contribution is 2.27. The van der Waals surface area contributed by atoms with Gasteiger partial charge in [0.1, 0.15) is 0 Å². The zero-order chi connectivity index (χ0) is 13.6. The van der Waals surface area contributed by atoms with Crippen LogP contribution in [0.3, 0.4) is 0 Å². The molecule has 0 radical (unpaired) electrons. The maximum atomic E-state index is 9.31. The van der Waals surface area contributed by atoms with Crippen LogP contribution in [0, 0.1) is 0 Å². The van der Waals surface area contributed by atoms with E-state index >= 15 is 0 Å². The van der Waals surface area contributed by atoms with Gasteiger partial charge < -0.3 is 15.6 Å². The molecule has 0 aliphatic heterocycles. The van der Waals surface area contributed by atoms with Crippen molar-refractivity contribution < 1.29 is 9.84 Å². The van der Waals surface area contributed by atoms with Gasteiger partial charge in [-0.05, 0) is 44.1 Å². The Kier molecular flexibility index (Phi) is 5.37. The number of aliphatic hydroxyl groups is 1.